The van der Waals surface area contributed by atoms with Crippen molar-refractivity contribution in [1.29, 1.82) is 0 Å². The summed E-state index contributed by atoms with van der Waals surface area (Å²) in [5.74, 6) is 0.523. The van der Waals surface area contributed by atoms with Gasteiger partial charge in [0.25, 0.3) is 5.91 Å². The fraction of sp³-hybridized carbons (Fsp3) is 0.667. The van der Waals surface area contributed by atoms with Crippen molar-refractivity contribution in [3.63, 3.8) is 0 Å². The summed E-state index contributed by atoms with van der Waals surface area (Å²) in [5, 5.41) is 10.6. The summed E-state index contributed by atoms with van der Waals surface area (Å²) in [4.78, 5) is 25.9. The van der Waals surface area contributed by atoms with Gasteiger partial charge in [-0.05, 0) is 43.6 Å². The lowest BCUT2D eigenvalue weighted by molar-refractivity contribution is -0.0695. The van der Waals surface area contributed by atoms with Crippen LogP contribution in [-0.2, 0) is 4.74 Å². The van der Waals surface area contributed by atoms with E-state index in [0.29, 0.717) is 30.6 Å². The molecule has 8 nitrogen and oxygen atoms in total. The molecule has 29 heavy (non-hydrogen) atoms. The Balaban J connectivity index is 1.25. The fourth-order valence-electron chi connectivity index (χ4n) is 5.36. The first-order valence-electron chi connectivity index (χ1n) is 10.7. The van der Waals surface area contributed by atoms with Crippen molar-refractivity contribution < 1.29 is 14.6 Å². The van der Waals surface area contributed by atoms with Gasteiger partial charge in [-0.2, -0.15) is 0 Å². The second kappa shape index (κ2) is 7.66. The molecule has 0 radical (unpaired) electrons. The Labute approximate surface area is 170 Å². The van der Waals surface area contributed by atoms with Gasteiger partial charge in [0, 0.05) is 64.0 Å². The van der Waals surface area contributed by atoms with Gasteiger partial charge < -0.3 is 14.7 Å². The molecule has 1 spiro atoms. The van der Waals surface area contributed by atoms with Crippen molar-refractivity contribution in [3.05, 3.63) is 30.4 Å². The molecular weight excluding hydrogens is 370 g/mol. The number of carbonyl (C=O) groups excluding carboxylic acids is 1. The predicted molar refractivity (Wildman–Crippen MR) is 107 cm³/mol. The largest absolute Gasteiger partial charge is 0.392 e. The van der Waals surface area contributed by atoms with Crippen molar-refractivity contribution in [2.75, 3.05) is 39.4 Å². The molecule has 8 heteroatoms. The normalized spacial score (nSPS) is 26.2. The molecule has 0 bridgehead atoms. The number of rotatable bonds is 2. The molecule has 3 aliphatic heterocycles. The van der Waals surface area contributed by atoms with Gasteiger partial charge in [0.05, 0.1) is 6.10 Å². The maximum absolute atomic E-state index is 13.0. The van der Waals surface area contributed by atoms with Crippen LogP contribution in [0.25, 0.3) is 5.78 Å². The highest BCUT2D eigenvalue weighted by atomic mass is 16.5. The third kappa shape index (κ3) is 3.76. The molecule has 3 aliphatic rings. The van der Waals surface area contributed by atoms with Crippen LogP contribution in [0, 0.1) is 5.41 Å². The number of aliphatic hydroxyl groups excluding tert-OH is 1. The molecule has 1 unspecified atom stereocenters. The Morgan fingerprint density at radius 1 is 1.24 bits per heavy atom. The zero-order valence-corrected chi connectivity index (χ0v) is 16.7. The van der Waals surface area contributed by atoms with Crippen LogP contribution in [-0.4, -0.2) is 86.7 Å². The summed E-state index contributed by atoms with van der Waals surface area (Å²) in [6.07, 6.45) is 9.82. The van der Waals surface area contributed by atoms with E-state index in [4.69, 9.17) is 4.74 Å². The standard InChI is InChI=1S/C21H29N5O3/c27-17-12-21(15-26(13-17)16-2-10-29-11-3-16)4-8-24(9-5-21)19(28)18-14-25-7-1-6-22-20(25)23-18/h1,6-7,14,16-17,27H,2-5,8-13,15H2. The van der Waals surface area contributed by atoms with E-state index in [-0.39, 0.29) is 17.4 Å². The fourth-order valence-corrected chi connectivity index (χ4v) is 5.36. The number of fused-ring (bicyclic) bond motifs is 1. The number of aromatic nitrogens is 3. The molecule has 3 fully saturated rings. The number of imidazole rings is 1. The van der Waals surface area contributed by atoms with E-state index in [2.05, 4.69) is 14.9 Å². The van der Waals surface area contributed by atoms with Crippen LogP contribution in [0.1, 0.15) is 42.6 Å². The summed E-state index contributed by atoms with van der Waals surface area (Å²) >= 11 is 0. The molecule has 5 heterocycles. The number of ether oxygens (including phenoxy) is 1. The summed E-state index contributed by atoms with van der Waals surface area (Å²) < 4.78 is 7.29. The van der Waals surface area contributed by atoms with E-state index in [0.717, 1.165) is 58.4 Å². The maximum Gasteiger partial charge on any atom is 0.274 e. The minimum atomic E-state index is -0.279. The number of β-amino-alcohol motifs (C(OH)–C–C–N with tert-alkyl or cyclic N) is 1. The van der Waals surface area contributed by atoms with Crippen LogP contribution in [0.3, 0.4) is 0 Å². The zero-order valence-electron chi connectivity index (χ0n) is 16.7. The number of amides is 1. The number of hydrogen-bond donors (Lipinski definition) is 1. The Kier molecular flexibility index (Phi) is 5.01. The molecule has 3 saturated heterocycles. The zero-order chi connectivity index (χ0) is 19.8. The van der Waals surface area contributed by atoms with Gasteiger partial charge in [0.1, 0.15) is 5.69 Å². The van der Waals surface area contributed by atoms with Gasteiger partial charge in [-0.1, -0.05) is 0 Å². The highest BCUT2D eigenvalue weighted by Gasteiger charge is 2.44. The van der Waals surface area contributed by atoms with E-state index in [1.165, 1.54) is 0 Å². The monoisotopic (exact) mass is 399 g/mol. The smallest absolute Gasteiger partial charge is 0.274 e. The average molecular weight is 399 g/mol. The number of piperidine rings is 2. The van der Waals surface area contributed by atoms with Crippen LogP contribution in [0.2, 0.25) is 0 Å². The first-order valence-corrected chi connectivity index (χ1v) is 10.7. The van der Waals surface area contributed by atoms with Crippen LogP contribution in [0.4, 0.5) is 0 Å². The first-order chi connectivity index (χ1) is 14.1. The minimum absolute atomic E-state index is 0.0250. The Morgan fingerprint density at radius 3 is 2.79 bits per heavy atom. The molecule has 156 valence electrons. The minimum Gasteiger partial charge on any atom is -0.392 e. The first kappa shape index (κ1) is 19.0. The lowest BCUT2D eigenvalue weighted by Crippen LogP contribution is -2.57. The molecule has 1 atom stereocenters. The predicted octanol–water partition coefficient (Wildman–Crippen LogP) is 1.20. The van der Waals surface area contributed by atoms with Crippen LogP contribution < -0.4 is 0 Å². The summed E-state index contributed by atoms with van der Waals surface area (Å²) in [7, 11) is 0. The third-order valence-corrected chi connectivity index (χ3v) is 6.93. The van der Waals surface area contributed by atoms with Gasteiger partial charge in [-0.3, -0.25) is 14.1 Å². The lowest BCUT2D eigenvalue weighted by Gasteiger charge is -2.51. The SMILES string of the molecule is O=C(c1cn2cccnc2n1)N1CCC2(CC1)CC(O)CN(C1CCOCC1)C2. The number of carbonyl (C=O) groups is 1. The molecule has 0 aromatic carbocycles. The summed E-state index contributed by atoms with van der Waals surface area (Å²) in [6.45, 7) is 4.86. The Hall–Kier alpha value is -2.03. The summed E-state index contributed by atoms with van der Waals surface area (Å²) in [5.41, 5.74) is 0.555. The van der Waals surface area contributed by atoms with Gasteiger partial charge >= 0.3 is 0 Å². The third-order valence-electron chi connectivity index (χ3n) is 6.93. The highest BCUT2D eigenvalue weighted by molar-refractivity contribution is 5.92. The topological polar surface area (TPSA) is 83.2 Å². The molecule has 1 N–H and O–H groups in total. The van der Waals surface area contributed by atoms with E-state index in [1.807, 2.05) is 17.2 Å². The van der Waals surface area contributed by atoms with Crippen molar-refractivity contribution >= 4 is 11.7 Å². The molecule has 0 aliphatic carbocycles. The Bertz CT molecular complexity index is 837. The van der Waals surface area contributed by atoms with Crippen LogP contribution in [0.5, 0.6) is 0 Å². The second-order valence-electron chi connectivity index (χ2n) is 8.88. The van der Waals surface area contributed by atoms with E-state index in [9.17, 15) is 9.90 Å². The summed E-state index contributed by atoms with van der Waals surface area (Å²) in [6, 6.07) is 2.34. The van der Waals surface area contributed by atoms with E-state index in [1.54, 1.807) is 16.8 Å². The van der Waals surface area contributed by atoms with Crippen LogP contribution >= 0.6 is 0 Å². The molecule has 1 amide bonds. The number of hydrogen-bond acceptors (Lipinski definition) is 6. The van der Waals surface area contributed by atoms with Crippen molar-refractivity contribution in [1.82, 2.24) is 24.2 Å². The average Bonchev–Trinajstić information content (AvgIpc) is 3.18. The van der Waals surface area contributed by atoms with Gasteiger partial charge in [0.2, 0.25) is 5.78 Å². The van der Waals surface area contributed by atoms with Crippen molar-refractivity contribution in [3.8, 4) is 0 Å². The number of nitrogens with zero attached hydrogens (tertiary/aromatic N) is 5. The van der Waals surface area contributed by atoms with E-state index >= 15 is 0 Å². The Morgan fingerprint density at radius 2 is 2.03 bits per heavy atom. The molecule has 2 aromatic rings. The van der Waals surface area contributed by atoms with Gasteiger partial charge in [-0.25, -0.2) is 9.97 Å². The molecular formula is C21H29N5O3. The quantitative estimate of drug-likeness (QED) is 0.817. The van der Waals surface area contributed by atoms with Gasteiger partial charge in [0.15, 0.2) is 0 Å². The number of likely N-dealkylation sites (tertiary alicyclic amines) is 2. The molecule has 2 aromatic heterocycles. The van der Waals surface area contributed by atoms with E-state index < -0.39 is 0 Å². The van der Waals surface area contributed by atoms with Crippen LogP contribution in [0.15, 0.2) is 24.7 Å². The lowest BCUT2D eigenvalue weighted by atomic mass is 9.71. The van der Waals surface area contributed by atoms with Crippen molar-refractivity contribution in [2.24, 2.45) is 5.41 Å². The highest BCUT2D eigenvalue weighted by Crippen LogP contribution is 2.41. The van der Waals surface area contributed by atoms with Crippen molar-refractivity contribution in [2.45, 2.75) is 44.2 Å². The maximum atomic E-state index is 13.0. The second-order valence-corrected chi connectivity index (χ2v) is 8.88. The number of aliphatic hydroxyl groups is 1. The van der Waals surface area contributed by atoms with Gasteiger partial charge in [-0.15, -0.1) is 0 Å². The molecule has 5 rings (SSSR count). The molecule has 0 saturated carbocycles.